The van der Waals surface area contributed by atoms with Crippen LogP contribution >= 0.6 is 0 Å². The lowest BCUT2D eigenvalue weighted by molar-refractivity contribution is -0.158. The molecule has 1 heterocycles. The van der Waals surface area contributed by atoms with Crippen molar-refractivity contribution in [1.82, 2.24) is 4.90 Å². The molecule has 0 amide bonds. The smallest absolute Gasteiger partial charge is 0.335 e. The number of ether oxygens (including phenoxy) is 1. The highest BCUT2D eigenvalue weighted by Crippen LogP contribution is 2.40. The molecule has 2 rings (SSSR count). The molecule has 2 aliphatic rings. The summed E-state index contributed by atoms with van der Waals surface area (Å²) in [5.74, 6) is -2.59. The molecule has 0 aromatic carbocycles. The van der Waals surface area contributed by atoms with Crippen LogP contribution in [0.4, 0.5) is 0 Å². The molecule has 17 heavy (non-hydrogen) atoms. The maximum atomic E-state index is 11.8. The first-order valence-electron chi connectivity index (χ1n) is 5.35. The van der Waals surface area contributed by atoms with Crippen LogP contribution in [0, 0.1) is 5.92 Å². The Bertz CT molecular complexity index is 428. The standard InChI is InChI=1S/C11H13NO5/c1-12(2)11(5-9(15)17-10(11)16)7-3-6(13)4-8(7)14/h7H,3-5H2,1-2H3. The van der Waals surface area contributed by atoms with Crippen molar-refractivity contribution in [3.8, 4) is 0 Å². The van der Waals surface area contributed by atoms with Gasteiger partial charge in [0.25, 0.3) is 0 Å². The molecule has 1 saturated carbocycles. The Labute approximate surface area is 97.9 Å². The van der Waals surface area contributed by atoms with Crippen molar-refractivity contribution in [2.45, 2.75) is 24.8 Å². The first-order chi connectivity index (χ1) is 7.87. The third-order valence-corrected chi connectivity index (χ3v) is 3.54. The summed E-state index contributed by atoms with van der Waals surface area (Å²) >= 11 is 0. The van der Waals surface area contributed by atoms with Crippen molar-refractivity contribution in [2.75, 3.05) is 14.1 Å². The Morgan fingerprint density at radius 1 is 1.24 bits per heavy atom. The lowest BCUT2D eigenvalue weighted by atomic mass is 9.79. The SMILES string of the molecule is CN(C)C1(C2CC(=O)CC2=O)CC(=O)OC1=O. The quantitative estimate of drug-likeness (QED) is 0.468. The van der Waals surface area contributed by atoms with Gasteiger partial charge >= 0.3 is 11.9 Å². The van der Waals surface area contributed by atoms with Crippen LogP contribution in [-0.2, 0) is 23.9 Å². The van der Waals surface area contributed by atoms with Gasteiger partial charge in [0, 0.05) is 6.42 Å². The van der Waals surface area contributed by atoms with Crippen molar-refractivity contribution in [2.24, 2.45) is 5.92 Å². The number of esters is 2. The van der Waals surface area contributed by atoms with Gasteiger partial charge in [0.05, 0.1) is 18.8 Å². The minimum atomic E-state index is -1.29. The number of nitrogens with zero attached hydrogens (tertiary/aromatic N) is 1. The van der Waals surface area contributed by atoms with Crippen LogP contribution < -0.4 is 0 Å². The summed E-state index contributed by atoms with van der Waals surface area (Å²) in [6, 6.07) is 0. The molecule has 1 saturated heterocycles. The minimum Gasteiger partial charge on any atom is -0.392 e. The first-order valence-corrected chi connectivity index (χ1v) is 5.35. The van der Waals surface area contributed by atoms with E-state index in [4.69, 9.17) is 0 Å². The maximum Gasteiger partial charge on any atom is 0.335 e. The fraction of sp³-hybridized carbons (Fsp3) is 0.636. The van der Waals surface area contributed by atoms with E-state index in [0.717, 1.165) is 0 Å². The predicted octanol–water partition coefficient (Wildman–Crippen LogP) is -0.692. The van der Waals surface area contributed by atoms with Crippen LogP contribution in [0.3, 0.4) is 0 Å². The zero-order valence-electron chi connectivity index (χ0n) is 9.69. The van der Waals surface area contributed by atoms with Crippen LogP contribution in [0.1, 0.15) is 19.3 Å². The van der Waals surface area contributed by atoms with Gasteiger partial charge in [0.1, 0.15) is 17.1 Å². The Hall–Kier alpha value is -1.56. The highest BCUT2D eigenvalue weighted by atomic mass is 16.6. The highest BCUT2D eigenvalue weighted by molar-refractivity contribution is 6.12. The molecular formula is C11H13NO5. The minimum absolute atomic E-state index is 0.0133. The van der Waals surface area contributed by atoms with E-state index in [0.29, 0.717) is 0 Å². The summed E-state index contributed by atoms with van der Waals surface area (Å²) in [5.41, 5.74) is -1.29. The number of carbonyl (C=O) groups is 4. The average Bonchev–Trinajstić information content (AvgIpc) is 2.67. The molecule has 0 aromatic heterocycles. The second kappa shape index (κ2) is 3.73. The molecule has 6 nitrogen and oxygen atoms in total. The Morgan fingerprint density at radius 3 is 2.24 bits per heavy atom. The van der Waals surface area contributed by atoms with Gasteiger partial charge in [0.2, 0.25) is 0 Å². The third-order valence-electron chi connectivity index (χ3n) is 3.54. The molecule has 0 bridgehead atoms. The number of carbonyl (C=O) groups excluding carboxylic acids is 4. The normalized spacial score (nSPS) is 33.7. The van der Waals surface area contributed by atoms with Crippen LogP contribution in [-0.4, -0.2) is 48.0 Å². The summed E-state index contributed by atoms with van der Waals surface area (Å²) in [5, 5.41) is 0. The molecule has 2 unspecified atom stereocenters. The zero-order valence-corrected chi connectivity index (χ0v) is 9.69. The molecule has 1 aliphatic heterocycles. The van der Waals surface area contributed by atoms with Gasteiger partial charge in [-0.25, -0.2) is 4.79 Å². The van der Waals surface area contributed by atoms with Crippen molar-refractivity contribution in [3.05, 3.63) is 0 Å². The lowest BCUT2D eigenvalue weighted by Crippen LogP contribution is -2.55. The second-order valence-electron chi connectivity index (χ2n) is 4.70. The van der Waals surface area contributed by atoms with Crippen LogP contribution in [0.2, 0.25) is 0 Å². The largest absolute Gasteiger partial charge is 0.392 e. The second-order valence-corrected chi connectivity index (χ2v) is 4.70. The number of Topliss-reactive ketones (excluding diaryl/α,β-unsaturated/α-hetero) is 2. The molecule has 92 valence electrons. The van der Waals surface area contributed by atoms with Gasteiger partial charge in [0.15, 0.2) is 0 Å². The number of hydrogen-bond donors (Lipinski definition) is 0. The fourth-order valence-corrected chi connectivity index (χ4v) is 2.60. The fourth-order valence-electron chi connectivity index (χ4n) is 2.60. The van der Waals surface area contributed by atoms with Crippen molar-refractivity contribution in [1.29, 1.82) is 0 Å². The van der Waals surface area contributed by atoms with Crippen LogP contribution in [0.25, 0.3) is 0 Å². The Kier molecular flexibility index (Phi) is 2.61. The van der Waals surface area contributed by atoms with Crippen LogP contribution in [0.15, 0.2) is 0 Å². The van der Waals surface area contributed by atoms with E-state index in [1.54, 1.807) is 14.1 Å². The van der Waals surface area contributed by atoms with E-state index >= 15 is 0 Å². The maximum absolute atomic E-state index is 11.8. The summed E-state index contributed by atoms with van der Waals surface area (Å²) in [7, 11) is 3.21. The van der Waals surface area contributed by atoms with E-state index < -0.39 is 23.4 Å². The molecule has 0 spiro atoms. The number of ketones is 2. The van der Waals surface area contributed by atoms with Gasteiger partial charge in [-0.05, 0) is 14.1 Å². The Morgan fingerprint density at radius 2 is 1.88 bits per heavy atom. The summed E-state index contributed by atoms with van der Waals surface area (Å²) < 4.78 is 4.55. The van der Waals surface area contributed by atoms with Gasteiger partial charge in [-0.3, -0.25) is 19.3 Å². The third kappa shape index (κ3) is 1.59. The van der Waals surface area contributed by atoms with E-state index in [2.05, 4.69) is 4.74 Å². The molecule has 1 aliphatic carbocycles. The molecule has 2 atom stereocenters. The van der Waals surface area contributed by atoms with Crippen molar-refractivity contribution in [3.63, 3.8) is 0 Å². The number of hydrogen-bond acceptors (Lipinski definition) is 6. The number of likely N-dealkylation sites (N-methyl/N-ethyl adjacent to an activating group) is 1. The molecule has 2 fully saturated rings. The molecule has 0 aromatic rings. The topological polar surface area (TPSA) is 80.8 Å². The summed E-state index contributed by atoms with van der Waals surface area (Å²) in [4.78, 5) is 47.7. The van der Waals surface area contributed by atoms with E-state index in [9.17, 15) is 19.2 Å². The van der Waals surface area contributed by atoms with Gasteiger partial charge in [-0.15, -0.1) is 0 Å². The van der Waals surface area contributed by atoms with E-state index in [1.165, 1.54) is 4.90 Å². The monoisotopic (exact) mass is 239 g/mol. The Balaban J connectivity index is 2.42. The average molecular weight is 239 g/mol. The summed E-state index contributed by atoms with van der Waals surface area (Å²) in [6.45, 7) is 0. The van der Waals surface area contributed by atoms with Crippen LogP contribution in [0.5, 0.6) is 0 Å². The molecule has 6 heteroatoms. The van der Waals surface area contributed by atoms with E-state index in [-0.39, 0.29) is 30.8 Å². The highest BCUT2D eigenvalue weighted by Gasteiger charge is 2.60. The van der Waals surface area contributed by atoms with Gasteiger partial charge < -0.3 is 4.74 Å². The number of rotatable bonds is 2. The first kappa shape index (κ1) is 11.9. The van der Waals surface area contributed by atoms with E-state index in [1.807, 2.05) is 0 Å². The molecule has 0 radical (unpaired) electrons. The zero-order chi connectivity index (χ0) is 12.8. The molecular weight excluding hydrogens is 226 g/mol. The molecule has 0 N–H and O–H groups in total. The summed E-state index contributed by atoms with van der Waals surface area (Å²) in [6.07, 6.45) is -0.302. The predicted molar refractivity (Wildman–Crippen MR) is 54.9 cm³/mol. The van der Waals surface area contributed by atoms with Gasteiger partial charge in [-0.1, -0.05) is 0 Å². The number of cyclic esters (lactones) is 2. The van der Waals surface area contributed by atoms with Crippen molar-refractivity contribution >= 4 is 23.5 Å². The van der Waals surface area contributed by atoms with Gasteiger partial charge in [-0.2, -0.15) is 0 Å². The lowest BCUT2D eigenvalue weighted by Gasteiger charge is -2.35. The van der Waals surface area contributed by atoms with Crippen molar-refractivity contribution < 1.29 is 23.9 Å².